The fraction of sp³-hybridized carbons (Fsp3) is 0.333. The zero-order chi connectivity index (χ0) is 12.5. The van der Waals surface area contributed by atoms with E-state index in [4.69, 9.17) is 4.42 Å². The van der Waals surface area contributed by atoms with Crippen molar-refractivity contribution in [3.63, 3.8) is 0 Å². The second-order valence-corrected chi connectivity index (χ2v) is 5.53. The van der Waals surface area contributed by atoms with Gasteiger partial charge in [0, 0.05) is 5.56 Å². The third-order valence-electron chi connectivity index (χ3n) is 3.78. The molecule has 2 aromatic rings. The number of aliphatic hydroxyl groups is 1. The Morgan fingerprint density at radius 2 is 1.94 bits per heavy atom. The smallest absolute Gasteiger partial charge is 0.175 e. The van der Waals surface area contributed by atoms with E-state index in [1.165, 1.54) is 24.8 Å². The average Bonchev–Trinajstić information content (AvgIpc) is 2.73. The third kappa shape index (κ3) is 2.02. The van der Waals surface area contributed by atoms with E-state index in [2.05, 4.69) is 22.0 Å². The van der Waals surface area contributed by atoms with Gasteiger partial charge in [-0.3, -0.25) is 0 Å². The first-order valence-electron chi connectivity index (χ1n) is 6.27. The van der Waals surface area contributed by atoms with Gasteiger partial charge in [0.2, 0.25) is 0 Å². The van der Waals surface area contributed by atoms with E-state index in [1.807, 2.05) is 24.3 Å². The van der Waals surface area contributed by atoms with Gasteiger partial charge in [0.15, 0.2) is 4.67 Å². The number of aliphatic hydroxyl groups excluding tert-OH is 1. The maximum atomic E-state index is 10.5. The van der Waals surface area contributed by atoms with Gasteiger partial charge >= 0.3 is 0 Å². The van der Waals surface area contributed by atoms with Gasteiger partial charge in [0.05, 0.1) is 6.26 Å². The summed E-state index contributed by atoms with van der Waals surface area (Å²) in [5, 5.41) is 10.5. The van der Waals surface area contributed by atoms with Crippen LogP contribution >= 0.6 is 15.9 Å². The summed E-state index contributed by atoms with van der Waals surface area (Å²) in [6.07, 6.45) is 4.74. The van der Waals surface area contributed by atoms with E-state index in [0.717, 1.165) is 11.1 Å². The molecule has 1 atom stereocenters. The molecule has 94 valence electrons. The molecule has 1 aliphatic carbocycles. The molecule has 0 spiro atoms. The normalized spacial score (nSPS) is 17.4. The lowest BCUT2D eigenvalue weighted by Gasteiger charge is -2.29. The van der Waals surface area contributed by atoms with Crippen LogP contribution in [-0.4, -0.2) is 5.11 Å². The standard InChI is InChI=1S/C15H15BrO2/c16-15-13(8-9-18-15)14(17)12-7-2-1-6-11(12)10-4-3-5-10/h1-2,6-10,14,17H,3-5H2. The first-order chi connectivity index (χ1) is 8.77. The van der Waals surface area contributed by atoms with Crippen LogP contribution in [0.15, 0.2) is 45.7 Å². The summed E-state index contributed by atoms with van der Waals surface area (Å²) in [7, 11) is 0. The van der Waals surface area contributed by atoms with Gasteiger partial charge in [-0.05, 0) is 51.9 Å². The topological polar surface area (TPSA) is 33.4 Å². The van der Waals surface area contributed by atoms with E-state index >= 15 is 0 Å². The maximum absolute atomic E-state index is 10.5. The van der Waals surface area contributed by atoms with E-state index in [1.54, 1.807) is 6.26 Å². The number of benzene rings is 1. The molecule has 0 radical (unpaired) electrons. The minimum atomic E-state index is -0.616. The SMILES string of the molecule is OC(c1ccccc1C1CCC1)c1ccoc1Br. The van der Waals surface area contributed by atoms with Crippen LogP contribution in [0.3, 0.4) is 0 Å². The molecular weight excluding hydrogens is 292 g/mol. The van der Waals surface area contributed by atoms with E-state index < -0.39 is 6.10 Å². The van der Waals surface area contributed by atoms with Crippen LogP contribution in [-0.2, 0) is 0 Å². The van der Waals surface area contributed by atoms with Crippen molar-refractivity contribution in [2.75, 3.05) is 0 Å². The Labute approximate surface area is 115 Å². The van der Waals surface area contributed by atoms with Crippen molar-refractivity contribution in [2.24, 2.45) is 0 Å². The molecule has 0 aliphatic heterocycles. The molecular formula is C15H15BrO2. The van der Waals surface area contributed by atoms with Crippen molar-refractivity contribution in [1.29, 1.82) is 0 Å². The van der Waals surface area contributed by atoms with Gasteiger partial charge in [0.1, 0.15) is 6.10 Å². The Bertz CT molecular complexity index is 543. The number of furan rings is 1. The molecule has 3 rings (SSSR count). The van der Waals surface area contributed by atoms with Crippen LogP contribution in [0.5, 0.6) is 0 Å². The summed E-state index contributed by atoms with van der Waals surface area (Å²) in [4.78, 5) is 0. The monoisotopic (exact) mass is 306 g/mol. The summed E-state index contributed by atoms with van der Waals surface area (Å²) >= 11 is 3.33. The van der Waals surface area contributed by atoms with Crippen molar-refractivity contribution in [3.05, 3.63) is 58.0 Å². The second kappa shape index (κ2) is 4.90. The lowest BCUT2D eigenvalue weighted by Crippen LogP contribution is -2.13. The fourth-order valence-corrected chi connectivity index (χ4v) is 2.97. The fourth-order valence-electron chi connectivity index (χ4n) is 2.52. The highest BCUT2D eigenvalue weighted by atomic mass is 79.9. The largest absolute Gasteiger partial charge is 0.457 e. The van der Waals surface area contributed by atoms with Crippen molar-refractivity contribution < 1.29 is 9.52 Å². The van der Waals surface area contributed by atoms with Gasteiger partial charge in [-0.15, -0.1) is 0 Å². The summed E-state index contributed by atoms with van der Waals surface area (Å²) in [6, 6.07) is 9.99. The highest BCUT2D eigenvalue weighted by molar-refractivity contribution is 9.10. The molecule has 1 N–H and O–H groups in total. The first-order valence-corrected chi connectivity index (χ1v) is 7.06. The molecule has 2 nitrogen and oxygen atoms in total. The highest BCUT2D eigenvalue weighted by Crippen LogP contribution is 2.41. The molecule has 1 unspecified atom stereocenters. The predicted octanol–water partition coefficient (Wildman–Crippen LogP) is 4.39. The number of hydrogen-bond donors (Lipinski definition) is 1. The zero-order valence-corrected chi connectivity index (χ0v) is 11.6. The molecule has 1 saturated carbocycles. The second-order valence-electron chi connectivity index (χ2n) is 4.81. The molecule has 1 fully saturated rings. The number of hydrogen-bond acceptors (Lipinski definition) is 2. The quantitative estimate of drug-likeness (QED) is 0.912. The van der Waals surface area contributed by atoms with E-state index in [-0.39, 0.29) is 0 Å². The molecule has 3 heteroatoms. The Hall–Kier alpha value is -1.06. The Morgan fingerprint density at radius 1 is 1.17 bits per heavy atom. The maximum Gasteiger partial charge on any atom is 0.175 e. The van der Waals surface area contributed by atoms with Gasteiger partial charge in [-0.1, -0.05) is 30.7 Å². The van der Waals surface area contributed by atoms with Crippen LogP contribution in [0, 0.1) is 0 Å². The zero-order valence-electron chi connectivity index (χ0n) is 9.97. The van der Waals surface area contributed by atoms with Crippen LogP contribution in [0.4, 0.5) is 0 Å². The molecule has 1 aliphatic rings. The van der Waals surface area contributed by atoms with Crippen molar-refractivity contribution in [3.8, 4) is 0 Å². The molecule has 0 saturated heterocycles. The molecule has 0 bridgehead atoms. The van der Waals surface area contributed by atoms with Crippen LogP contribution in [0.2, 0.25) is 0 Å². The molecule has 1 aromatic carbocycles. The van der Waals surface area contributed by atoms with E-state index in [9.17, 15) is 5.11 Å². The van der Waals surface area contributed by atoms with E-state index in [0.29, 0.717) is 10.6 Å². The average molecular weight is 307 g/mol. The molecule has 18 heavy (non-hydrogen) atoms. The summed E-state index contributed by atoms with van der Waals surface area (Å²) < 4.78 is 5.81. The van der Waals surface area contributed by atoms with Gasteiger partial charge in [-0.2, -0.15) is 0 Å². The lowest BCUT2D eigenvalue weighted by atomic mass is 9.77. The Balaban J connectivity index is 1.98. The first kappa shape index (κ1) is 12.0. The third-order valence-corrected chi connectivity index (χ3v) is 4.42. The minimum Gasteiger partial charge on any atom is -0.457 e. The summed E-state index contributed by atoms with van der Waals surface area (Å²) in [6.45, 7) is 0. The summed E-state index contributed by atoms with van der Waals surface area (Å²) in [5.74, 6) is 0.613. The van der Waals surface area contributed by atoms with Gasteiger partial charge in [0.25, 0.3) is 0 Å². The highest BCUT2D eigenvalue weighted by Gasteiger charge is 2.26. The number of rotatable bonds is 3. The van der Waals surface area contributed by atoms with Crippen LogP contribution in [0.1, 0.15) is 48.0 Å². The molecule has 1 heterocycles. The molecule has 1 aromatic heterocycles. The summed E-state index contributed by atoms with van der Waals surface area (Å²) in [5.41, 5.74) is 3.08. The predicted molar refractivity (Wildman–Crippen MR) is 73.5 cm³/mol. The van der Waals surface area contributed by atoms with Gasteiger partial charge in [-0.25, -0.2) is 0 Å². The van der Waals surface area contributed by atoms with Crippen LogP contribution in [0.25, 0.3) is 0 Å². The molecule has 0 amide bonds. The van der Waals surface area contributed by atoms with Gasteiger partial charge < -0.3 is 9.52 Å². The van der Waals surface area contributed by atoms with Crippen molar-refractivity contribution >= 4 is 15.9 Å². The number of halogens is 1. The Morgan fingerprint density at radius 3 is 2.56 bits per heavy atom. The Kier molecular flexibility index (Phi) is 3.27. The van der Waals surface area contributed by atoms with Crippen molar-refractivity contribution in [1.82, 2.24) is 0 Å². The van der Waals surface area contributed by atoms with Crippen molar-refractivity contribution in [2.45, 2.75) is 31.3 Å². The van der Waals surface area contributed by atoms with Crippen LogP contribution < -0.4 is 0 Å². The lowest BCUT2D eigenvalue weighted by molar-refractivity contribution is 0.214. The minimum absolute atomic E-state index is 0.610.